The molecule has 1 aliphatic rings. The van der Waals surface area contributed by atoms with E-state index in [1.807, 2.05) is 17.5 Å². The van der Waals surface area contributed by atoms with E-state index in [-0.39, 0.29) is 0 Å². The van der Waals surface area contributed by atoms with Gasteiger partial charge in [-0.25, -0.2) is 4.57 Å². The Morgan fingerprint density at radius 1 is 1.20 bits per heavy atom. The van der Waals surface area contributed by atoms with Gasteiger partial charge in [-0.1, -0.05) is 26.7 Å². The summed E-state index contributed by atoms with van der Waals surface area (Å²) >= 11 is 0. The van der Waals surface area contributed by atoms with Crippen LogP contribution in [0.4, 0.5) is 17.3 Å². The second-order valence-corrected chi connectivity index (χ2v) is 7.58. The number of hydrogen-bond donors (Lipinski definition) is 0. The number of fused-ring (bicyclic) bond motifs is 1. The molecule has 0 spiro atoms. The minimum absolute atomic E-state index is 0.776. The van der Waals surface area contributed by atoms with E-state index in [1.54, 1.807) is 0 Å². The third-order valence-electron chi connectivity index (χ3n) is 3.15. The van der Waals surface area contributed by atoms with Gasteiger partial charge >= 0.3 is 20.1 Å². The summed E-state index contributed by atoms with van der Waals surface area (Å²) < 4.78 is 55.3. The summed E-state index contributed by atoms with van der Waals surface area (Å²) in [5, 5.41) is 0. The summed E-state index contributed by atoms with van der Waals surface area (Å²) in [7, 11) is -8.03. The molecule has 2 rings (SSSR count). The maximum absolute atomic E-state index is 12.1. The molecule has 0 N–H and O–H groups in total. The maximum Gasteiger partial charge on any atom is 0.673 e. The molecule has 0 radical (unpaired) electrons. The summed E-state index contributed by atoms with van der Waals surface area (Å²) in [6.45, 7) is 5.26. The normalized spacial score (nSPS) is 20.1. The first-order chi connectivity index (χ1) is 9.24. The van der Waals surface area contributed by atoms with Crippen LogP contribution < -0.4 is 10.1 Å². The third kappa shape index (κ3) is 4.65. The standard InChI is InChI=1S/C11H20N2OP.BF4/c1-3-5-6-7-8-12-9-10-13-11(12)15(13,14)4-2;2-1(3,4)5/h9-10H,3-8H2,1-2H3;/q+1;-1. The predicted octanol–water partition coefficient (Wildman–Crippen LogP) is 3.44. The Hall–Kier alpha value is -0.775. The second kappa shape index (κ2) is 6.79. The highest BCUT2D eigenvalue weighted by molar-refractivity contribution is 7.76. The van der Waals surface area contributed by atoms with Gasteiger partial charge in [-0.2, -0.15) is 4.34 Å². The Bertz CT molecular complexity index is 483. The Kier molecular flexibility index (Phi) is 5.86. The van der Waals surface area contributed by atoms with Crippen molar-refractivity contribution in [2.24, 2.45) is 0 Å². The van der Waals surface area contributed by atoms with Crippen molar-refractivity contribution in [2.45, 2.75) is 46.1 Å². The van der Waals surface area contributed by atoms with Crippen molar-refractivity contribution in [3.63, 3.8) is 0 Å². The number of halogens is 4. The number of nitrogens with zero attached hydrogens (tertiary/aromatic N) is 2. The number of aryl methyl sites for hydroxylation is 1. The molecule has 2 heterocycles. The quantitative estimate of drug-likeness (QED) is 0.260. The highest BCUT2D eigenvalue weighted by atomic mass is 31.2. The highest BCUT2D eigenvalue weighted by Gasteiger charge is 2.58. The van der Waals surface area contributed by atoms with Gasteiger partial charge in [0.1, 0.15) is 12.4 Å². The number of unbranched alkanes of at least 4 members (excludes halogenated alkanes) is 3. The lowest BCUT2D eigenvalue weighted by Crippen LogP contribution is -2.41. The van der Waals surface area contributed by atoms with Crippen LogP contribution in [0.5, 0.6) is 0 Å². The fourth-order valence-electron chi connectivity index (χ4n) is 2.13. The van der Waals surface area contributed by atoms with Crippen LogP contribution in [0.25, 0.3) is 0 Å². The van der Waals surface area contributed by atoms with Crippen LogP contribution in [0.15, 0.2) is 12.4 Å². The topological polar surface area (TPSA) is 25.9 Å². The number of hydrogen-bond acceptors (Lipinski definition) is 1. The van der Waals surface area contributed by atoms with Gasteiger partial charge in [-0.05, 0) is 12.8 Å². The largest absolute Gasteiger partial charge is 0.673 e. The van der Waals surface area contributed by atoms with Crippen molar-refractivity contribution in [3.05, 3.63) is 12.4 Å². The smallest absolute Gasteiger partial charge is 0.418 e. The summed E-state index contributed by atoms with van der Waals surface area (Å²) in [6, 6.07) is 0. The minimum atomic E-state index is -6.00. The zero-order valence-electron chi connectivity index (χ0n) is 11.7. The molecule has 0 saturated carbocycles. The third-order valence-corrected chi connectivity index (χ3v) is 5.94. The minimum Gasteiger partial charge on any atom is -0.418 e. The fourth-order valence-corrected chi connectivity index (χ4v) is 4.52. The zero-order chi connectivity index (χ0) is 15.4. The van der Waals surface area contributed by atoms with Crippen LogP contribution in [0.2, 0.25) is 0 Å². The van der Waals surface area contributed by atoms with Gasteiger partial charge in [0.2, 0.25) is 0 Å². The Morgan fingerprint density at radius 3 is 2.25 bits per heavy atom. The van der Waals surface area contributed by atoms with Gasteiger partial charge in [0.15, 0.2) is 0 Å². The fraction of sp³-hybridized carbons (Fsp3) is 0.727. The molecule has 1 aliphatic heterocycles. The lowest BCUT2D eigenvalue weighted by atomic mass is 10.2. The molecule has 116 valence electrons. The van der Waals surface area contributed by atoms with Gasteiger partial charge in [-0.3, -0.25) is 4.57 Å². The SMILES string of the molecule is CCCCCC[n+]1ccn2c1P2(=O)CC.F[B-](F)(F)F. The van der Waals surface area contributed by atoms with E-state index >= 15 is 0 Å². The molecule has 20 heavy (non-hydrogen) atoms. The molecular formula is C11H20BF4N2OP. The predicted molar refractivity (Wildman–Crippen MR) is 72.1 cm³/mol. The molecule has 1 atom stereocenters. The molecule has 0 aromatic carbocycles. The molecule has 0 aliphatic carbocycles. The van der Waals surface area contributed by atoms with E-state index in [4.69, 9.17) is 0 Å². The van der Waals surface area contributed by atoms with E-state index in [9.17, 15) is 21.8 Å². The monoisotopic (exact) mass is 314 g/mol. The highest BCUT2D eigenvalue weighted by Crippen LogP contribution is 2.56. The number of aromatic nitrogens is 2. The van der Waals surface area contributed by atoms with Gasteiger partial charge in [0.25, 0.3) is 0 Å². The van der Waals surface area contributed by atoms with Crippen molar-refractivity contribution in [2.75, 3.05) is 6.16 Å². The van der Waals surface area contributed by atoms with Crippen LogP contribution in [0.3, 0.4) is 0 Å². The molecular weight excluding hydrogens is 294 g/mol. The van der Waals surface area contributed by atoms with Crippen LogP contribution in [0, 0.1) is 0 Å². The summed E-state index contributed by atoms with van der Waals surface area (Å²) in [5.41, 5.74) is 1.08. The molecule has 0 fully saturated rings. The molecule has 1 aromatic heterocycles. The van der Waals surface area contributed by atoms with Crippen molar-refractivity contribution >= 4 is 20.1 Å². The molecule has 0 amide bonds. The van der Waals surface area contributed by atoms with E-state index in [2.05, 4.69) is 17.7 Å². The van der Waals surface area contributed by atoms with Crippen molar-refractivity contribution < 1.29 is 26.4 Å². The average molecular weight is 314 g/mol. The first-order valence-electron chi connectivity index (χ1n) is 6.82. The lowest BCUT2D eigenvalue weighted by Gasteiger charge is -1.96. The molecule has 1 aromatic rings. The Balaban J connectivity index is 0.000000347. The lowest BCUT2D eigenvalue weighted by molar-refractivity contribution is -0.677. The molecule has 3 nitrogen and oxygen atoms in total. The summed E-state index contributed by atoms with van der Waals surface area (Å²) in [6.07, 6.45) is 9.88. The van der Waals surface area contributed by atoms with Crippen molar-refractivity contribution in [1.82, 2.24) is 4.34 Å². The summed E-state index contributed by atoms with van der Waals surface area (Å²) in [5.74, 6) is 0. The van der Waals surface area contributed by atoms with E-state index in [0.29, 0.717) is 0 Å². The Morgan fingerprint density at radius 2 is 1.80 bits per heavy atom. The second-order valence-electron chi connectivity index (χ2n) is 4.71. The average Bonchev–Trinajstić information content (AvgIpc) is 2.70. The van der Waals surface area contributed by atoms with Crippen LogP contribution in [-0.4, -0.2) is 17.8 Å². The van der Waals surface area contributed by atoms with Gasteiger partial charge < -0.3 is 17.3 Å². The van der Waals surface area contributed by atoms with Gasteiger partial charge in [-0.15, -0.1) is 0 Å². The van der Waals surface area contributed by atoms with Crippen LogP contribution in [-0.2, 0) is 11.1 Å². The van der Waals surface area contributed by atoms with Crippen molar-refractivity contribution in [3.8, 4) is 0 Å². The van der Waals surface area contributed by atoms with Crippen LogP contribution in [0.1, 0.15) is 39.5 Å². The zero-order valence-corrected chi connectivity index (χ0v) is 12.6. The maximum atomic E-state index is 12.1. The molecule has 1 unspecified atom stereocenters. The molecule has 0 bridgehead atoms. The van der Waals surface area contributed by atoms with Crippen LogP contribution >= 0.6 is 7.29 Å². The van der Waals surface area contributed by atoms with Gasteiger partial charge in [0, 0.05) is 6.16 Å². The number of rotatable bonds is 6. The van der Waals surface area contributed by atoms with E-state index < -0.39 is 14.5 Å². The first-order valence-corrected chi connectivity index (χ1v) is 8.67. The molecule has 9 heteroatoms. The number of imidazole rings is 1. The Labute approximate surface area is 116 Å². The first kappa shape index (κ1) is 17.3. The van der Waals surface area contributed by atoms with Gasteiger partial charge in [0.05, 0.1) is 6.54 Å². The van der Waals surface area contributed by atoms with Crippen molar-refractivity contribution in [1.29, 1.82) is 0 Å². The van der Waals surface area contributed by atoms with E-state index in [0.717, 1.165) is 18.3 Å². The molecule has 0 saturated heterocycles. The van der Waals surface area contributed by atoms with E-state index in [1.165, 1.54) is 25.7 Å². The summed E-state index contributed by atoms with van der Waals surface area (Å²) in [4.78, 5) is 0.